The van der Waals surface area contributed by atoms with E-state index in [1.807, 2.05) is 0 Å². The summed E-state index contributed by atoms with van der Waals surface area (Å²) in [6.45, 7) is 0. The second-order valence-electron chi connectivity index (χ2n) is 0.521. The number of hydrogen-bond acceptors (Lipinski definition) is 0. The molecule has 0 radical (unpaired) electrons. The molecule has 0 N–H and O–H groups in total. The van der Waals surface area contributed by atoms with Crippen molar-refractivity contribution >= 4 is 18.9 Å². The van der Waals surface area contributed by atoms with Crippen LogP contribution in [0.2, 0.25) is 0 Å². The Morgan fingerprint density at radius 1 is 0.714 bits per heavy atom. The standard InChI is InChI=1S/C2F4.Li.H/c3-1(4)2(5)6;;. The molecule has 0 nitrogen and oxygen atoms in total. The molecular formula is C2HF4Li. The average molecular weight is 108 g/mol. The maximum absolute atomic E-state index is 10.3. The summed E-state index contributed by atoms with van der Waals surface area (Å²) >= 11 is 0. The first-order valence-electron chi connectivity index (χ1n) is 1.01. The molecule has 0 heterocycles. The van der Waals surface area contributed by atoms with E-state index < -0.39 is 12.2 Å². The Labute approximate surface area is 49.4 Å². The minimum atomic E-state index is -2.91. The molecule has 0 rings (SSSR count). The van der Waals surface area contributed by atoms with E-state index in [1.165, 1.54) is 0 Å². The summed E-state index contributed by atoms with van der Waals surface area (Å²) in [6, 6.07) is 0. The van der Waals surface area contributed by atoms with Crippen LogP contribution in [0.15, 0.2) is 12.2 Å². The zero-order valence-electron chi connectivity index (χ0n) is 2.51. The molecule has 5 heteroatoms. The third kappa shape index (κ3) is 6.06. The Morgan fingerprint density at radius 2 is 0.857 bits per heavy atom. The molecule has 0 saturated heterocycles. The molecule has 0 aliphatic heterocycles. The Balaban J connectivity index is 0. The van der Waals surface area contributed by atoms with Gasteiger partial charge in [-0.1, -0.05) is 0 Å². The van der Waals surface area contributed by atoms with E-state index in [2.05, 4.69) is 0 Å². The van der Waals surface area contributed by atoms with Crippen LogP contribution in [0.5, 0.6) is 0 Å². The molecule has 0 aromatic carbocycles. The summed E-state index contributed by atoms with van der Waals surface area (Å²) in [5, 5.41) is 0. The molecule has 0 aliphatic rings. The Hall–Kier alpha value is 0.0574. The summed E-state index contributed by atoms with van der Waals surface area (Å²) in [5.41, 5.74) is 0. The van der Waals surface area contributed by atoms with E-state index >= 15 is 0 Å². The number of hydrogen-bond donors (Lipinski definition) is 0. The quantitative estimate of drug-likeness (QED) is 0.324. The van der Waals surface area contributed by atoms with Crippen LogP contribution in [0, 0.1) is 0 Å². The third-order valence-corrected chi connectivity index (χ3v) is 0.143. The summed E-state index contributed by atoms with van der Waals surface area (Å²) in [7, 11) is 0. The topological polar surface area (TPSA) is 0 Å². The second-order valence-corrected chi connectivity index (χ2v) is 0.521. The Bertz CT molecular complexity index is 59.8. The predicted octanol–water partition coefficient (Wildman–Crippen LogP) is 1.34. The van der Waals surface area contributed by atoms with Crippen molar-refractivity contribution in [2.24, 2.45) is 0 Å². The van der Waals surface area contributed by atoms with Gasteiger partial charge in [0, 0.05) is 0 Å². The summed E-state index contributed by atoms with van der Waals surface area (Å²) < 4.78 is 41.1. The van der Waals surface area contributed by atoms with E-state index in [0.29, 0.717) is 0 Å². The van der Waals surface area contributed by atoms with Crippen LogP contribution in [-0.2, 0) is 0 Å². The zero-order valence-corrected chi connectivity index (χ0v) is 2.51. The minimum absolute atomic E-state index is 0. The first kappa shape index (κ1) is 10.1. The van der Waals surface area contributed by atoms with Crippen LogP contribution in [-0.4, -0.2) is 18.9 Å². The van der Waals surface area contributed by atoms with Crippen LogP contribution in [0.3, 0.4) is 0 Å². The third-order valence-electron chi connectivity index (χ3n) is 0.143. The fourth-order valence-corrected chi connectivity index (χ4v) is 0. The van der Waals surface area contributed by atoms with E-state index in [9.17, 15) is 17.6 Å². The van der Waals surface area contributed by atoms with Gasteiger partial charge in [-0.25, -0.2) is 0 Å². The van der Waals surface area contributed by atoms with E-state index in [4.69, 9.17) is 0 Å². The SMILES string of the molecule is FC(F)=C(F)F.[LiH]. The van der Waals surface area contributed by atoms with Gasteiger partial charge in [0.05, 0.1) is 0 Å². The van der Waals surface area contributed by atoms with Crippen molar-refractivity contribution in [2.75, 3.05) is 0 Å². The van der Waals surface area contributed by atoms with Crippen molar-refractivity contribution in [1.29, 1.82) is 0 Å². The van der Waals surface area contributed by atoms with Gasteiger partial charge in [-0.05, 0) is 0 Å². The molecule has 0 aromatic rings. The predicted molar refractivity (Wildman–Crippen MR) is 18.6 cm³/mol. The molecule has 0 aliphatic carbocycles. The van der Waals surface area contributed by atoms with Gasteiger partial charge in [-0.3, -0.25) is 0 Å². The van der Waals surface area contributed by atoms with Gasteiger partial charge in [0.2, 0.25) is 0 Å². The molecule has 0 atom stereocenters. The number of halogens is 4. The van der Waals surface area contributed by atoms with Crippen LogP contribution in [0.4, 0.5) is 17.6 Å². The van der Waals surface area contributed by atoms with Crippen molar-refractivity contribution in [3.05, 3.63) is 12.2 Å². The van der Waals surface area contributed by atoms with Gasteiger partial charge in [0.15, 0.2) is 0 Å². The molecule has 0 amide bonds. The Morgan fingerprint density at radius 3 is 0.857 bits per heavy atom. The molecule has 38 valence electrons. The second kappa shape index (κ2) is 4.22. The van der Waals surface area contributed by atoms with Crippen molar-refractivity contribution in [2.45, 2.75) is 0 Å². The van der Waals surface area contributed by atoms with E-state index in [0.717, 1.165) is 0 Å². The first-order valence-corrected chi connectivity index (χ1v) is 1.01. The molecule has 0 bridgehead atoms. The van der Waals surface area contributed by atoms with Gasteiger partial charge < -0.3 is 0 Å². The monoisotopic (exact) mass is 108 g/mol. The van der Waals surface area contributed by atoms with E-state index in [1.54, 1.807) is 0 Å². The molecule has 7 heavy (non-hydrogen) atoms. The molecule has 0 saturated carbocycles. The fourth-order valence-electron chi connectivity index (χ4n) is 0. The van der Waals surface area contributed by atoms with Crippen LogP contribution >= 0.6 is 0 Å². The normalized spacial score (nSPS) is 6.86. The van der Waals surface area contributed by atoms with Crippen LogP contribution in [0.25, 0.3) is 0 Å². The summed E-state index contributed by atoms with van der Waals surface area (Å²) in [4.78, 5) is 0. The van der Waals surface area contributed by atoms with Gasteiger partial charge in [0.25, 0.3) is 0 Å². The van der Waals surface area contributed by atoms with Gasteiger partial charge >= 0.3 is 31.0 Å². The van der Waals surface area contributed by atoms with Gasteiger partial charge in [0.1, 0.15) is 0 Å². The first-order chi connectivity index (χ1) is 2.64. The summed E-state index contributed by atoms with van der Waals surface area (Å²) in [6.07, 6.45) is -5.81. The van der Waals surface area contributed by atoms with Crippen LogP contribution < -0.4 is 0 Å². The molecule has 0 fully saturated rings. The van der Waals surface area contributed by atoms with E-state index in [-0.39, 0.29) is 18.9 Å². The molecule has 0 aromatic heterocycles. The van der Waals surface area contributed by atoms with Crippen molar-refractivity contribution in [3.63, 3.8) is 0 Å². The molecule has 0 spiro atoms. The van der Waals surface area contributed by atoms with Crippen LogP contribution in [0.1, 0.15) is 0 Å². The van der Waals surface area contributed by atoms with Gasteiger partial charge in [-0.2, -0.15) is 17.6 Å². The summed E-state index contributed by atoms with van der Waals surface area (Å²) in [5.74, 6) is 0. The fraction of sp³-hybridized carbons (Fsp3) is 0. The van der Waals surface area contributed by atoms with Gasteiger partial charge in [-0.15, -0.1) is 0 Å². The van der Waals surface area contributed by atoms with Crippen molar-refractivity contribution in [3.8, 4) is 0 Å². The average Bonchev–Trinajstić information content (AvgIpc) is 1.36. The molecule has 0 unspecified atom stereocenters. The number of rotatable bonds is 0. The molecular weight excluding hydrogens is 107 g/mol. The van der Waals surface area contributed by atoms with Crippen molar-refractivity contribution < 1.29 is 17.6 Å². The maximum atomic E-state index is 10.3. The van der Waals surface area contributed by atoms with Crippen molar-refractivity contribution in [1.82, 2.24) is 0 Å². The Kier molecular flexibility index (Phi) is 6.11. The zero-order chi connectivity index (χ0) is 5.15.